The highest BCUT2D eigenvalue weighted by atomic mass is 16.5. The van der Waals surface area contributed by atoms with Gasteiger partial charge in [0, 0.05) is 12.8 Å². The van der Waals surface area contributed by atoms with E-state index >= 15 is 0 Å². The zero-order valence-corrected chi connectivity index (χ0v) is 7.53. The van der Waals surface area contributed by atoms with Gasteiger partial charge in [0.15, 0.2) is 0 Å². The van der Waals surface area contributed by atoms with E-state index in [0.29, 0.717) is 6.61 Å². The summed E-state index contributed by atoms with van der Waals surface area (Å²) in [5.74, 6) is 0. The minimum atomic E-state index is -0.552. The second-order valence-electron chi connectivity index (χ2n) is 3.22. The molecular formula is C8H11N3O3. The number of hydrogen-bond acceptors (Lipinski definition) is 4. The van der Waals surface area contributed by atoms with Crippen molar-refractivity contribution >= 4 is 5.69 Å². The quantitative estimate of drug-likeness (QED) is 0.630. The summed E-state index contributed by atoms with van der Waals surface area (Å²) in [4.78, 5) is 24.5. The molecule has 1 fully saturated rings. The van der Waals surface area contributed by atoms with Crippen LogP contribution in [-0.2, 0) is 4.74 Å². The number of nitrogen functional groups attached to an aromatic ring is 1. The van der Waals surface area contributed by atoms with Crippen molar-refractivity contribution in [1.82, 2.24) is 9.55 Å². The predicted octanol–water partition coefficient (Wildman–Crippen LogP) is -0.572. The molecule has 2 heterocycles. The Morgan fingerprint density at radius 1 is 1.57 bits per heavy atom. The average Bonchev–Trinajstić information content (AvgIpc) is 2.64. The summed E-state index contributed by atoms with van der Waals surface area (Å²) < 4.78 is 6.62. The normalized spacial score (nSPS) is 21.3. The molecule has 3 N–H and O–H groups in total. The highest BCUT2D eigenvalue weighted by Gasteiger charge is 2.18. The molecule has 0 saturated carbocycles. The Bertz CT molecular complexity index is 442. The number of hydrogen-bond donors (Lipinski definition) is 2. The summed E-state index contributed by atoms with van der Waals surface area (Å²) in [6, 6.07) is 0. The van der Waals surface area contributed by atoms with Crippen LogP contribution in [0.5, 0.6) is 0 Å². The van der Waals surface area contributed by atoms with Crippen molar-refractivity contribution in [1.29, 1.82) is 0 Å². The van der Waals surface area contributed by atoms with Crippen LogP contribution in [-0.4, -0.2) is 16.2 Å². The Labute approximate surface area is 79.3 Å². The fraction of sp³-hybridized carbons (Fsp3) is 0.500. The molecule has 6 heteroatoms. The molecule has 0 amide bonds. The highest BCUT2D eigenvalue weighted by molar-refractivity contribution is 5.30. The van der Waals surface area contributed by atoms with Gasteiger partial charge < -0.3 is 10.5 Å². The smallest absolute Gasteiger partial charge is 0.330 e. The highest BCUT2D eigenvalue weighted by Crippen LogP contribution is 2.20. The molecule has 1 aromatic rings. The summed E-state index contributed by atoms with van der Waals surface area (Å²) in [5.41, 5.74) is 4.40. The molecule has 0 aromatic carbocycles. The second-order valence-corrected chi connectivity index (χ2v) is 3.22. The van der Waals surface area contributed by atoms with E-state index in [4.69, 9.17) is 10.5 Å². The van der Waals surface area contributed by atoms with Gasteiger partial charge in [-0.05, 0) is 12.8 Å². The van der Waals surface area contributed by atoms with Crippen molar-refractivity contribution in [3.05, 3.63) is 27.0 Å². The number of nitrogens with zero attached hydrogens (tertiary/aromatic N) is 1. The van der Waals surface area contributed by atoms with Gasteiger partial charge in [0.05, 0.1) is 0 Å². The maximum absolute atomic E-state index is 11.4. The summed E-state index contributed by atoms with van der Waals surface area (Å²) >= 11 is 0. The zero-order chi connectivity index (χ0) is 10.1. The number of ether oxygens (including phenoxy) is 1. The predicted molar refractivity (Wildman–Crippen MR) is 50.0 cm³/mol. The Balaban J connectivity index is 2.47. The lowest BCUT2D eigenvalue weighted by molar-refractivity contribution is 0.0528. The first-order chi connectivity index (χ1) is 6.68. The van der Waals surface area contributed by atoms with Crippen molar-refractivity contribution in [3.63, 3.8) is 0 Å². The maximum Gasteiger partial charge on any atom is 0.330 e. The van der Waals surface area contributed by atoms with E-state index in [1.807, 2.05) is 0 Å². The number of rotatable bonds is 1. The molecule has 1 aliphatic rings. The van der Waals surface area contributed by atoms with Crippen molar-refractivity contribution in [2.75, 3.05) is 12.3 Å². The fourth-order valence-electron chi connectivity index (χ4n) is 1.49. The molecule has 0 radical (unpaired) electrons. The number of nitrogens with one attached hydrogen (secondary N) is 1. The molecule has 0 aliphatic carbocycles. The van der Waals surface area contributed by atoms with E-state index < -0.39 is 11.2 Å². The molecule has 1 aromatic heterocycles. The minimum Gasteiger partial charge on any atom is -0.393 e. The Hall–Kier alpha value is -1.56. The number of anilines is 1. The first-order valence-electron chi connectivity index (χ1n) is 4.41. The molecular weight excluding hydrogens is 186 g/mol. The van der Waals surface area contributed by atoms with Gasteiger partial charge in [0.25, 0.3) is 5.56 Å². The molecule has 2 rings (SSSR count). The van der Waals surface area contributed by atoms with Crippen LogP contribution in [0.4, 0.5) is 5.69 Å². The van der Waals surface area contributed by atoms with E-state index in [0.717, 1.165) is 12.8 Å². The van der Waals surface area contributed by atoms with Crippen LogP contribution in [0.3, 0.4) is 0 Å². The van der Waals surface area contributed by atoms with Crippen LogP contribution in [0.2, 0.25) is 0 Å². The first kappa shape index (κ1) is 9.01. The minimum absolute atomic E-state index is 0.0279. The van der Waals surface area contributed by atoms with E-state index in [9.17, 15) is 9.59 Å². The molecule has 1 aliphatic heterocycles. The maximum atomic E-state index is 11.4. The van der Waals surface area contributed by atoms with Gasteiger partial charge >= 0.3 is 5.69 Å². The summed E-state index contributed by atoms with van der Waals surface area (Å²) in [7, 11) is 0. The monoisotopic (exact) mass is 197 g/mol. The number of aromatic nitrogens is 2. The Morgan fingerprint density at radius 2 is 2.36 bits per heavy atom. The van der Waals surface area contributed by atoms with E-state index in [2.05, 4.69) is 4.98 Å². The third-order valence-electron chi connectivity index (χ3n) is 2.21. The molecule has 1 saturated heterocycles. The third kappa shape index (κ3) is 1.44. The van der Waals surface area contributed by atoms with Crippen molar-refractivity contribution in [3.8, 4) is 0 Å². The van der Waals surface area contributed by atoms with Crippen LogP contribution in [0.1, 0.15) is 19.1 Å². The summed E-state index contributed by atoms with van der Waals surface area (Å²) in [5, 5.41) is 0. The molecule has 0 spiro atoms. The van der Waals surface area contributed by atoms with Crippen LogP contribution < -0.4 is 17.0 Å². The number of H-pyrrole nitrogens is 1. The van der Waals surface area contributed by atoms with Gasteiger partial charge in [0.1, 0.15) is 11.9 Å². The van der Waals surface area contributed by atoms with Gasteiger partial charge in [-0.3, -0.25) is 14.3 Å². The standard InChI is InChI=1S/C8H11N3O3/c9-5-4-11(6-2-1-3-14-6)8(13)10-7(5)12/h4,6H,1-3,9H2,(H,10,12,13). The third-order valence-corrected chi connectivity index (χ3v) is 2.21. The van der Waals surface area contributed by atoms with Crippen molar-refractivity contribution < 1.29 is 4.74 Å². The van der Waals surface area contributed by atoms with E-state index in [1.54, 1.807) is 0 Å². The van der Waals surface area contributed by atoms with Gasteiger partial charge in [0.2, 0.25) is 0 Å². The van der Waals surface area contributed by atoms with Crippen molar-refractivity contribution in [2.45, 2.75) is 19.1 Å². The number of nitrogens with two attached hydrogens (primary N) is 1. The molecule has 14 heavy (non-hydrogen) atoms. The molecule has 76 valence electrons. The van der Waals surface area contributed by atoms with Gasteiger partial charge in [-0.1, -0.05) is 0 Å². The van der Waals surface area contributed by atoms with Gasteiger partial charge in [-0.25, -0.2) is 4.79 Å². The second kappa shape index (κ2) is 3.30. The van der Waals surface area contributed by atoms with E-state index in [-0.39, 0.29) is 11.9 Å². The summed E-state index contributed by atoms with van der Waals surface area (Å²) in [6.45, 7) is 0.635. The lowest BCUT2D eigenvalue weighted by Gasteiger charge is -2.12. The van der Waals surface area contributed by atoms with E-state index in [1.165, 1.54) is 10.8 Å². The van der Waals surface area contributed by atoms with Crippen LogP contribution in [0.25, 0.3) is 0 Å². The van der Waals surface area contributed by atoms with Crippen LogP contribution in [0.15, 0.2) is 15.8 Å². The van der Waals surface area contributed by atoms with Crippen LogP contribution in [0, 0.1) is 0 Å². The Morgan fingerprint density at radius 3 is 3.00 bits per heavy atom. The fourth-order valence-corrected chi connectivity index (χ4v) is 1.49. The SMILES string of the molecule is Nc1cn(C2CCCO2)c(=O)[nH]c1=O. The first-order valence-corrected chi connectivity index (χ1v) is 4.41. The van der Waals surface area contributed by atoms with Gasteiger partial charge in [-0.15, -0.1) is 0 Å². The average molecular weight is 197 g/mol. The topological polar surface area (TPSA) is 90.1 Å². The molecule has 0 bridgehead atoms. The van der Waals surface area contributed by atoms with Gasteiger partial charge in [-0.2, -0.15) is 0 Å². The van der Waals surface area contributed by atoms with Crippen LogP contribution >= 0.6 is 0 Å². The number of aromatic amines is 1. The Kier molecular flexibility index (Phi) is 2.12. The van der Waals surface area contributed by atoms with Crippen molar-refractivity contribution in [2.24, 2.45) is 0 Å². The largest absolute Gasteiger partial charge is 0.393 e. The lowest BCUT2D eigenvalue weighted by atomic mass is 10.3. The lowest BCUT2D eigenvalue weighted by Crippen LogP contribution is -2.33. The molecule has 1 atom stereocenters. The molecule has 6 nitrogen and oxygen atoms in total. The molecule has 1 unspecified atom stereocenters. The zero-order valence-electron chi connectivity index (χ0n) is 7.53. The summed E-state index contributed by atoms with van der Waals surface area (Å²) in [6.07, 6.45) is 2.72.